The van der Waals surface area contributed by atoms with Crippen molar-refractivity contribution in [1.82, 2.24) is 5.32 Å². The average Bonchev–Trinajstić information content (AvgIpc) is 2.25. The summed E-state index contributed by atoms with van der Waals surface area (Å²) in [4.78, 5) is 1.80. The molecular weight excluding hydrogens is 215 g/mol. The van der Waals surface area contributed by atoms with E-state index >= 15 is 0 Å². The van der Waals surface area contributed by atoms with Gasteiger partial charge in [0.05, 0.1) is 5.69 Å². The van der Waals surface area contributed by atoms with E-state index in [1.54, 1.807) is 4.90 Å². The third-order valence-electron chi connectivity index (χ3n) is 2.72. The van der Waals surface area contributed by atoms with E-state index in [2.05, 4.69) is 19.2 Å². The first kappa shape index (κ1) is 14.0. The van der Waals surface area contributed by atoms with Crippen LogP contribution < -0.4 is 10.2 Å². The van der Waals surface area contributed by atoms with Gasteiger partial charge in [0.15, 0.2) is 0 Å². The summed E-state index contributed by atoms with van der Waals surface area (Å²) in [5.41, 5.74) is 1.77. The van der Waals surface area contributed by atoms with Gasteiger partial charge in [0.1, 0.15) is 5.82 Å². The van der Waals surface area contributed by atoms with E-state index in [4.69, 9.17) is 0 Å². The Morgan fingerprint density at radius 1 is 1.29 bits per heavy atom. The van der Waals surface area contributed by atoms with Crippen molar-refractivity contribution in [2.45, 2.75) is 26.8 Å². The molecule has 0 aliphatic carbocycles. The Balaban J connectivity index is 2.51. The van der Waals surface area contributed by atoms with Crippen LogP contribution >= 0.6 is 0 Å². The zero-order valence-electron chi connectivity index (χ0n) is 11.3. The minimum Gasteiger partial charge on any atom is -0.375 e. The first-order chi connectivity index (χ1) is 8.00. The molecule has 2 nitrogen and oxygen atoms in total. The number of halogens is 1. The number of hydrogen-bond donors (Lipinski definition) is 1. The van der Waals surface area contributed by atoms with Gasteiger partial charge in [-0.15, -0.1) is 0 Å². The van der Waals surface area contributed by atoms with Crippen molar-refractivity contribution in [3.8, 4) is 0 Å². The molecule has 3 heteroatoms. The molecular formula is C14H23FN2. The zero-order valence-corrected chi connectivity index (χ0v) is 11.3. The van der Waals surface area contributed by atoms with E-state index in [1.807, 2.05) is 26.2 Å². The monoisotopic (exact) mass is 238 g/mol. The fourth-order valence-corrected chi connectivity index (χ4v) is 1.63. The highest BCUT2D eigenvalue weighted by atomic mass is 19.1. The maximum Gasteiger partial charge on any atom is 0.146 e. The Bertz CT molecular complexity index is 348. The Labute approximate surface area is 104 Å². The minimum absolute atomic E-state index is 0.166. The van der Waals surface area contributed by atoms with Gasteiger partial charge in [-0.2, -0.15) is 0 Å². The van der Waals surface area contributed by atoms with Gasteiger partial charge in [0, 0.05) is 20.6 Å². The van der Waals surface area contributed by atoms with Gasteiger partial charge in [-0.3, -0.25) is 0 Å². The van der Waals surface area contributed by atoms with Crippen molar-refractivity contribution in [2.75, 3.05) is 25.5 Å². The van der Waals surface area contributed by atoms with Crippen LogP contribution in [-0.2, 0) is 6.54 Å². The molecule has 0 spiro atoms. The zero-order chi connectivity index (χ0) is 12.8. The van der Waals surface area contributed by atoms with Crippen molar-refractivity contribution in [3.63, 3.8) is 0 Å². The molecule has 0 aromatic heterocycles. The highest BCUT2D eigenvalue weighted by Crippen LogP contribution is 2.18. The molecule has 0 aliphatic heterocycles. The lowest BCUT2D eigenvalue weighted by Gasteiger charge is -2.15. The molecule has 1 aromatic rings. The third kappa shape index (κ3) is 4.73. The Morgan fingerprint density at radius 2 is 2.00 bits per heavy atom. The second kappa shape index (κ2) is 6.60. The summed E-state index contributed by atoms with van der Waals surface area (Å²) in [7, 11) is 3.71. The minimum atomic E-state index is -0.166. The number of nitrogens with one attached hydrogen (secondary N) is 1. The maximum atomic E-state index is 13.5. The number of rotatable bonds is 6. The van der Waals surface area contributed by atoms with E-state index in [9.17, 15) is 4.39 Å². The van der Waals surface area contributed by atoms with Crippen molar-refractivity contribution in [1.29, 1.82) is 0 Å². The van der Waals surface area contributed by atoms with Gasteiger partial charge in [-0.05, 0) is 36.6 Å². The summed E-state index contributed by atoms with van der Waals surface area (Å²) in [5.74, 6) is 0.550. The molecule has 0 bridgehead atoms. The van der Waals surface area contributed by atoms with Crippen LogP contribution in [0.25, 0.3) is 0 Å². The molecule has 0 saturated carbocycles. The van der Waals surface area contributed by atoms with Crippen LogP contribution in [-0.4, -0.2) is 20.6 Å². The fraction of sp³-hybridized carbons (Fsp3) is 0.571. The van der Waals surface area contributed by atoms with Crippen molar-refractivity contribution in [2.24, 2.45) is 5.92 Å². The normalized spacial score (nSPS) is 10.9. The smallest absolute Gasteiger partial charge is 0.146 e. The SMILES string of the molecule is CC(C)CCNCc1ccc(F)c(N(C)C)c1. The molecule has 0 saturated heterocycles. The lowest BCUT2D eigenvalue weighted by molar-refractivity contribution is 0.537. The van der Waals surface area contributed by atoms with Gasteiger partial charge in [0.2, 0.25) is 0 Å². The van der Waals surface area contributed by atoms with E-state index in [-0.39, 0.29) is 5.82 Å². The predicted molar refractivity (Wildman–Crippen MR) is 71.9 cm³/mol. The van der Waals surface area contributed by atoms with Crippen LogP contribution in [0.4, 0.5) is 10.1 Å². The lowest BCUT2D eigenvalue weighted by Crippen LogP contribution is -2.17. The molecule has 1 rings (SSSR count). The van der Waals surface area contributed by atoms with E-state index < -0.39 is 0 Å². The van der Waals surface area contributed by atoms with E-state index in [1.165, 1.54) is 12.5 Å². The summed E-state index contributed by atoms with van der Waals surface area (Å²) in [6.07, 6.45) is 1.17. The summed E-state index contributed by atoms with van der Waals surface area (Å²) >= 11 is 0. The van der Waals surface area contributed by atoms with Gasteiger partial charge in [-0.1, -0.05) is 19.9 Å². The van der Waals surface area contributed by atoms with Crippen LogP contribution in [0.3, 0.4) is 0 Å². The average molecular weight is 238 g/mol. The van der Waals surface area contributed by atoms with Gasteiger partial charge >= 0.3 is 0 Å². The first-order valence-electron chi connectivity index (χ1n) is 6.17. The van der Waals surface area contributed by atoms with Crippen LogP contribution in [0.1, 0.15) is 25.8 Å². The van der Waals surface area contributed by atoms with Crippen molar-refractivity contribution >= 4 is 5.69 Å². The molecule has 0 fully saturated rings. The van der Waals surface area contributed by atoms with Crippen LogP contribution in [0, 0.1) is 11.7 Å². The second-order valence-corrected chi connectivity index (χ2v) is 5.04. The van der Waals surface area contributed by atoms with Gasteiger partial charge < -0.3 is 10.2 Å². The molecule has 0 unspecified atom stereocenters. The molecule has 1 N–H and O–H groups in total. The van der Waals surface area contributed by atoms with Gasteiger partial charge in [-0.25, -0.2) is 4.39 Å². The molecule has 0 heterocycles. The molecule has 0 radical (unpaired) electrons. The molecule has 96 valence electrons. The number of hydrogen-bond acceptors (Lipinski definition) is 2. The van der Waals surface area contributed by atoms with E-state index in [0.717, 1.165) is 18.7 Å². The van der Waals surface area contributed by atoms with Crippen molar-refractivity contribution in [3.05, 3.63) is 29.6 Å². The molecule has 0 aliphatic rings. The summed E-state index contributed by atoms with van der Waals surface area (Å²) in [6.45, 7) is 6.23. The predicted octanol–water partition coefficient (Wildman–Crippen LogP) is 3.03. The first-order valence-corrected chi connectivity index (χ1v) is 6.17. The second-order valence-electron chi connectivity index (χ2n) is 5.04. The molecule has 17 heavy (non-hydrogen) atoms. The Kier molecular flexibility index (Phi) is 5.42. The van der Waals surface area contributed by atoms with Crippen LogP contribution in [0.15, 0.2) is 18.2 Å². The highest BCUT2D eigenvalue weighted by Gasteiger charge is 2.05. The standard InChI is InChI=1S/C14H23FN2/c1-11(2)7-8-16-10-12-5-6-13(15)14(9-12)17(3)4/h5-6,9,11,16H,7-8,10H2,1-4H3. The number of benzene rings is 1. The van der Waals surface area contributed by atoms with Crippen molar-refractivity contribution < 1.29 is 4.39 Å². The maximum absolute atomic E-state index is 13.5. The number of anilines is 1. The fourth-order valence-electron chi connectivity index (χ4n) is 1.63. The molecule has 0 amide bonds. The third-order valence-corrected chi connectivity index (χ3v) is 2.72. The van der Waals surface area contributed by atoms with Gasteiger partial charge in [0.25, 0.3) is 0 Å². The number of nitrogens with zero attached hydrogens (tertiary/aromatic N) is 1. The summed E-state index contributed by atoms with van der Waals surface area (Å²) in [6, 6.07) is 5.28. The summed E-state index contributed by atoms with van der Waals surface area (Å²) in [5, 5.41) is 3.38. The topological polar surface area (TPSA) is 15.3 Å². The van der Waals surface area contributed by atoms with Crippen LogP contribution in [0.5, 0.6) is 0 Å². The largest absolute Gasteiger partial charge is 0.375 e. The van der Waals surface area contributed by atoms with Crippen LogP contribution in [0.2, 0.25) is 0 Å². The lowest BCUT2D eigenvalue weighted by atomic mass is 10.1. The highest BCUT2D eigenvalue weighted by molar-refractivity contribution is 5.48. The molecule has 0 atom stereocenters. The Morgan fingerprint density at radius 3 is 2.59 bits per heavy atom. The Hall–Kier alpha value is -1.09. The molecule has 1 aromatic carbocycles. The summed E-state index contributed by atoms with van der Waals surface area (Å²) < 4.78 is 13.5. The quantitative estimate of drug-likeness (QED) is 0.766. The van der Waals surface area contributed by atoms with E-state index in [0.29, 0.717) is 11.6 Å².